The number of ether oxygens (including phenoxy) is 2. The summed E-state index contributed by atoms with van der Waals surface area (Å²) in [5.41, 5.74) is 11.1. The molecule has 0 radical (unpaired) electrons. The van der Waals surface area contributed by atoms with Gasteiger partial charge in [-0.3, -0.25) is 22.7 Å². The van der Waals surface area contributed by atoms with Gasteiger partial charge in [0, 0.05) is 19.0 Å². The van der Waals surface area contributed by atoms with E-state index < -0.39 is 71.4 Å². The predicted octanol–water partition coefficient (Wildman–Crippen LogP) is -1.20. The van der Waals surface area contributed by atoms with Crippen molar-refractivity contribution in [3.05, 3.63) is 35.4 Å². The Kier molecular flexibility index (Phi) is 8.25. The molecule has 20 nitrogen and oxygen atoms in total. The van der Waals surface area contributed by atoms with Gasteiger partial charge in [-0.15, -0.1) is 0 Å². The Morgan fingerprint density at radius 2 is 1.71 bits per heavy atom. The van der Waals surface area contributed by atoms with Gasteiger partial charge in [-0.25, -0.2) is 28.9 Å². The fraction of sp³-hybridized carbons (Fsp3) is 0.526. The van der Waals surface area contributed by atoms with Crippen molar-refractivity contribution in [2.24, 2.45) is 0 Å². The molecular weight excluding hydrogens is 594 g/mol. The first-order chi connectivity index (χ1) is 19.3. The Morgan fingerprint density at radius 1 is 1.00 bits per heavy atom. The second-order valence-electron chi connectivity index (χ2n) is 9.12. The largest absolute Gasteiger partial charge is 0.472 e. The summed E-state index contributed by atoms with van der Waals surface area (Å²) >= 11 is 0. The average molecular weight is 620 g/mol. The first-order valence-corrected chi connectivity index (χ1v) is 14.9. The molecule has 0 aliphatic carbocycles. The molecule has 3 aromatic heterocycles. The number of phosphoric acid groups is 2. The van der Waals surface area contributed by atoms with Gasteiger partial charge in [-0.2, -0.15) is 4.98 Å². The number of fused-ring (bicyclic) bond motifs is 1. The summed E-state index contributed by atoms with van der Waals surface area (Å²) in [4.78, 5) is 56.5. The Balaban J connectivity index is 1.26. The van der Waals surface area contributed by atoms with Crippen LogP contribution in [0, 0.1) is 0 Å². The lowest BCUT2D eigenvalue weighted by Gasteiger charge is -2.22. The highest BCUT2D eigenvalue weighted by atomic mass is 31.2. The summed E-state index contributed by atoms with van der Waals surface area (Å²) < 4.78 is 53.0. The van der Waals surface area contributed by atoms with Gasteiger partial charge >= 0.3 is 21.3 Å². The van der Waals surface area contributed by atoms with Crippen LogP contribution in [0.25, 0.3) is 11.2 Å². The van der Waals surface area contributed by atoms with E-state index >= 15 is 0 Å². The smallest absolute Gasteiger partial charge is 0.390 e. The molecule has 8 N–H and O–H groups in total. The maximum Gasteiger partial charge on any atom is 0.472 e. The molecule has 0 spiro atoms. The maximum absolute atomic E-state index is 12.9. The molecule has 2 fully saturated rings. The van der Waals surface area contributed by atoms with Gasteiger partial charge in [0.15, 0.2) is 11.5 Å². The van der Waals surface area contributed by atoms with E-state index in [1.54, 1.807) is 0 Å². The summed E-state index contributed by atoms with van der Waals surface area (Å²) in [6, 6.07) is 1.37. The molecule has 22 heteroatoms. The minimum Gasteiger partial charge on any atom is -0.390 e. The fourth-order valence-electron chi connectivity index (χ4n) is 4.43. The van der Waals surface area contributed by atoms with E-state index in [9.17, 15) is 23.9 Å². The SMILES string of the molecule is Nc1ccn([C@H]2C[C@H](O)[C@@H](COP(=O)(O)O[C@H]3CC(n4cnc5c(N)ncnc54)O[C@@H]3COP(=O)(O)O)O2)c(=O)n1. The van der Waals surface area contributed by atoms with E-state index in [0.717, 1.165) is 4.57 Å². The van der Waals surface area contributed by atoms with Gasteiger partial charge in [0.05, 0.1) is 25.6 Å². The number of nitrogen functional groups attached to an aromatic ring is 2. The minimum absolute atomic E-state index is 0.00398. The first-order valence-electron chi connectivity index (χ1n) is 11.9. The molecule has 7 atom stereocenters. The second-order valence-corrected chi connectivity index (χ2v) is 11.8. The van der Waals surface area contributed by atoms with Crippen molar-refractivity contribution >= 4 is 38.4 Å². The highest BCUT2D eigenvalue weighted by Crippen LogP contribution is 2.50. The molecule has 2 saturated heterocycles. The third-order valence-corrected chi connectivity index (χ3v) is 7.82. The lowest BCUT2D eigenvalue weighted by atomic mass is 10.2. The van der Waals surface area contributed by atoms with Crippen molar-refractivity contribution in [1.82, 2.24) is 29.1 Å². The molecule has 2 unspecified atom stereocenters. The molecule has 0 bridgehead atoms. The van der Waals surface area contributed by atoms with Gasteiger partial charge in [-0.05, 0) is 6.07 Å². The van der Waals surface area contributed by atoms with E-state index in [4.69, 9.17) is 39.8 Å². The first kappa shape index (κ1) is 29.6. The van der Waals surface area contributed by atoms with E-state index in [-0.39, 0.29) is 35.6 Å². The number of imidazole rings is 1. The second kappa shape index (κ2) is 11.4. The van der Waals surface area contributed by atoms with Crippen LogP contribution in [0.3, 0.4) is 0 Å². The van der Waals surface area contributed by atoms with Crippen LogP contribution in [0.5, 0.6) is 0 Å². The number of hydrogen-bond donors (Lipinski definition) is 6. The normalized spacial score (nSPS) is 28.3. The van der Waals surface area contributed by atoms with Gasteiger partial charge in [0.25, 0.3) is 0 Å². The number of aromatic nitrogens is 6. The van der Waals surface area contributed by atoms with Crippen molar-refractivity contribution in [3.8, 4) is 0 Å². The molecule has 0 aromatic carbocycles. The standard InChI is InChI=1S/C19H26N8O12P2/c20-13-1-2-26(19(29)25-13)14-3-9(28)11(37-14)5-36-41(33,34)39-10-4-15(38-12(10)6-35-40(30,31)32)27-8-24-16-17(21)22-7-23-18(16)27/h1-2,7-12,14-15,28H,3-6H2,(H,33,34)(H2,20,25,29)(H2,21,22,23)(H2,30,31,32)/t9-,10-,11+,12+,14+,15?/m0/s1. The van der Waals surface area contributed by atoms with Gasteiger partial charge in [0.2, 0.25) is 0 Å². The zero-order chi connectivity index (χ0) is 29.5. The summed E-state index contributed by atoms with van der Waals surface area (Å²) in [7, 11) is -9.81. The van der Waals surface area contributed by atoms with Crippen LogP contribution in [0.2, 0.25) is 0 Å². The monoisotopic (exact) mass is 620 g/mol. The highest BCUT2D eigenvalue weighted by Gasteiger charge is 2.44. The average Bonchev–Trinajstić information content (AvgIpc) is 3.58. The van der Waals surface area contributed by atoms with Crippen LogP contribution in [0.15, 0.2) is 29.7 Å². The van der Waals surface area contributed by atoms with Crippen molar-refractivity contribution < 1.29 is 52.0 Å². The molecule has 224 valence electrons. The van der Waals surface area contributed by atoms with Crippen molar-refractivity contribution in [2.45, 2.75) is 49.7 Å². The lowest BCUT2D eigenvalue weighted by molar-refractivity contribution is -0.0562. The highest BCUT2D eigenvalue weighted by molar-refractivity contribution is 7.47. The lowest BCUT2D eigenvalue weighted by Crippen LogP contribution is -2.30. The van der Waals surface area contributed by atoms with Crippen molar-refractivity contribution in [1.29, 1.82) is 0 Å². The molecule has 3 aromatic rings. The number of rotatable bonds is 10. The van der Waals surface area contributed by atoms with Crippen LogP contribution in [-0.2, 0) is 32.2 Å². The van der Waals surface area contributed by atoms with Gasteiger partial charge in [-0.1, -0.05) is 0 Å². The molecule has 0 saturated carbocycles. The van der Waals surface area contributed by atoms with E-state index in [0.29, 0.717) is 0 Å². The Morgan fingerprint density at radius 3 is 2.44 bits per heavy atom. The zero-order valence-electron chi connectivity index (χ0n) is 20.9. The number of hydrogen-bond acceptors (Lipinski definition) is 15. The Hall–Kier alpha value is -2.87. The third kappa shape index (κ3) is 6.79. The van der Waals surface area contributed by atoms with Crippen LogP contribution in [-0.4, -0.2) is 86.5 Å². The molecule has 0 amide bonds. The van der Waals surface area contributed by atoms with E-state index in [1.165, 1.54) is 29.5 Å². The molecular formula is C19H26N8O12P2. The minimum atomic E-state index is -4.93. The van der Waals surface area contributed by atoms with Gasteiger partial charge < -0.3 is 40.7 Å². The van der Waals surface area contributed by atoms with E-state index in [2.05, 4.69) is 24.5 Å². The number of aliphatic hydroxyl groups excluding tert-OH is 1. The van der Waals surface area contributed by atoms with Crippen LogP contribution >= 0.6 is 15.6 Å². The fourth-order valence-corrected chi connectivity index (χ4v) is 5.73. The Labute approximate surface area is 229 Å². The quantitative estimate of drug-likeness (QED) is 0.145. The molecule has 5 rings (SSSR count). The van der Waals surface area contributed by atoms with Crippen LogP contribution < -0.4 is 17.2 Å². The Bertz CT molecular complexity index is 1560. The molecule has 2 aliphatic rings. The summed E-state index contributed by atoms with van der Waals surface area (Å²) in [5, 5.41) is 10.4. The molecule has 41 heavy (non-hydrogen) atoms. The maximum atomic E-state index is 12.9. The molecule has 5 heterocycles. The number of phosphoric ester groups is 2. The number of nitrogens with zero attached hydrogens (tertiary/aromatic N) is 6. The summed E-state index contributed by atoms with van der Waals surface area (Å²) in [5.74, 6) is 0.106. The van der Waals surface area contributed by atoms with E-state index in [1.807, 2.05) is 0 Å². The third-order valence-electron chi connectivity index (χ3n) is 6.32. The summed E-state index contributed by atoms with van der Waals surface area (Å²) in [6.45, 7) is -1.31. The molecule has 2 aliphatic heterocycles. The number of nitrogens with two attached hydrogens (primary N) is 2. The predicted molar refractivity (Wildman–Crippen MR) is 134 cm³/mol. The van der Waals surface area contributed by atoms with Crippen molar-refractivity contribution in [2.75, 3.05) is 24.7 Å². The zero-order valence-corrected chi connectivity index (χ0v) is 22.7. The van der Waals surface area contributed by atoms with Gasteiger partial charge in [0.1, 0.15) is 48.4 Å². The van der Waals surface area contributed by atoms with Crippen molar-refractivity contribution in [3.63, 3.8) is 0 Å². The number of aliphatic hydroxyl groups is 1. The van der Waals surface area contributed by atoms with Crippen LogP contribution in [0.4, 0.5) is 11.6 Å². The topological polar surface area (TPSA) is 292 Å². The number of anilines is 2. The van der Waals surface area contributed by atoms with Crippen LogP contribution in [0.1, 0.15) is 25.3 Å². The summed E-state index contributed by atoms with van der Waals surface area (Å²) in [6.07, 6.45) is -2.91.